The monoisotopic (exact) mass is 507 g/mol. The average Bonchev–Trinajstić information content (AvgIpc) is 3.48. The van der Waals surface area contributed by atoms with Gasteiger partial charge in [0, 0.05) is 31.5 Å². The molecule has 0 saturated heterocycles. The molecule has 4 heterocycles. The molecule has 4 aromatic rings. The van der Waals surface area contributed by atoms with Crippen LogP contribution in [0.2, 0.25) is 5.02 Å². The molecule has 0 spiro atoms. The van der Waals surface area contributed by atoms with Crippen LogP contribution in [0.3, 0.4) is 0 Å². The van der Waals surface area contributed by atoms with Gasteiger partial charge in [-0.1, -0.05) is 11.6 Å². The van der Waals surface area contributed by atoms with Crippen LogP contribution in [0.1, 0.15) is 54.2 Å². The standard InChI is InChI=1S/C24H26ClN9O2/c1-13-19(12-33(31-13)16-6-7-16)32-11-14(25)8-18(24(32)36)29-20-9-21(26-2)34-22(30-20)17(10-27-34)23(35)28-15-4-3-5-15/h8-12,15-16,26H,3-7H2,1-2H3,(H,28,35)(H,29,30). The highest BCUT2D eigenvalue weighted by molar-refractivity contribution is 6.30. The van der Waals surface area contributed by atoms with E-state index in [0.717, 1.165) is 37.8 Å². The summed E-state index contributed by atoms with van der Waals surface area (Å²) in [7, 11) is 1.75. The van der Waals surface area contributed by atoms with Crippen LogP contribution >= 0.6 is 11.6 Å². The SMILES string of the molecule is CNc1cc(Nc2cc(Cl)cn(-c3cn(C4CC4)nc3C)c2=O)nc2c(C(=O)NC3CCC3)cnn12. The van der Waals surface area contributed by atoms with E-state index in [2.05, 4.69) is 31.1 Å². The molecule has 12 heteroatoms. The van der Waals surface area contributed by atoms with Crippen LogP contribution in [-0.4, -0.2) is 47.9 Å². The lowest BCUT2D eigenvalue weighted by molar-refractivity contribution is 0.0918. The molecule has 2 saturated carbocycles. The first-order chi connectivity index (χ1) is 17.4. The molecule has 4 aromatic heterocycles. The van der Waals surface area contributed by atoms with Crippen molar-refractivity contribution in [3.8, 4) is 5.69 Å². The summed E-state index contributed by atoms with van der Waals surface area (Å²) in [6.45, 7) is 1.87. The quantitative estimate of drug-likeness (QED) is 0.350. The summed E-state index contributed by atoms with van der Waals surface area (Å²) in [6.07, 6.45) is 10.2. The van der Waals surface area contributed by atoms with Crippen molar-refractivity contribution in [1.82, 2.24) is 34.3 Å². The molecule has 1 amide bonds. The first-order valence-corrected chi connectivity index (χ1v) is 12.4. The molecule has 2 fully saturated rings. The number of pyridine rings is 1. The highest BCUT2D eigenvalue weighted by Crippen LogP contribution is 2.35. The second-order valence-corrected chi connectivity index (χ2v) is 9.79. The molecule has 0 atom stereocenters. The van der Waals surface area contributed by atoms with E-state index in [1.807, 2.05) is 17.8 Å². The van der Waals surface area contributed by atoms with Crippen LogP contribution in [0.15, 0.2) is 35.5 Å². The van der Waals surface area contributed by atoms with E-state index in [9.17, 15) is 9.59 Å². The topological polar surface area (TPSA) is 123 Å². The van der Waals surface area contributed by atoms with E-state index >= 15 is 0 Å². The van der Waals surface area contributed by atoms with E-state index in [1.54, 1.807) is 29.9 Å². The Kier molecular flexibility index (Phi) is 5.44. The highest BCUT2D eigenvalue weighted by Gasteiger charge is 2.26. The molecule has 0 radical (unpaired) electrons. The first kappa shape index (κ1) is 22.6. The largest absolute Gasteiger partial charge is 0.373 e. The minimum atomic E-state index is -0.290. The number of amides is 1. The molecular formula is C24H26ClN9O2. The third-order valence-electron chi connectivity index (χ3n) is 6.73. The van der Waals surface area contributed by atoms with E-state index in [1.165, 1.54) is 10.8 Å². The molecule has 3 N–H and O–H groups in total. The molecule has 11 nitrogen and oxygen atoms in total. The van der Waals surface area contributed by atoms with Gasteiger partial charge in [0.15, 0.2) is 5.65 Å². The number of hydrogen-bond donors (Lipinski definition) is 3. The number of hydrogen-bond acceptors (Lipinski definition) is 7. The maximum atomic E-state index is 13.5. The van der Waals surface area contributed by atoms with Crippen LogP contribution in [0.5, 0.6) is 0 Å². The zero-order chi connectivity index (χ0) is 25.0. The summed E-state index contributed by atoms with van der Waals surface area (Å²) in [5.41, 5.74) is 2.14. The Bertz CT molecular complexity index is 1550. The van der Waals surface area contributed by atoms with Crippen molar-refractivity contribution in [2.45, 2.75) is 51.1 Å². The summed E-state index contributed by atoms with van der Waals surface area (Å²) in [5.74, 6) is 0.769. The number of carbonyl (C=O) groups is 1. The lowest BCUT2D eigenvalue weighted by atomic mass is 9.93. The van der Waals surface area contributed by atoms with Gasteiger partial charge in [-0.15, -0.1) is 0 Å². The number of nitrogens with one attached hydrogen (secondary N) is 3. The number of aryl methyl sites for hydroxylation is 1. The van der Waals surface area contributed by atoms with Gasteiger partial charge >= 0.3 is 0 Å². The van der Waals surface area contributed by atoms with Gasteiger partial charge in [0.1, 0.15) is 22.9 Å². The van der Waals surface area contributed by atoms with Crippen molar-refractivity contribution in [1.29, 1.82) is 0 Å². The highest BCUT2D eigenvalue weighted by atomic mass is 35.5. The molecule has 0 aliphatic heterocycles. The van der Waals surface area contributed by atoms with Gasteiger partial charge in [-0.2, -0.15) is 14.7 Å². The number of halogens is 1. The number of carbonyl (C=O) groups excluding carboxylic acids is 1. The molecule has 0 bridgehead atoms. The van der Waals surface area contributed by atoms with Crippen molar-refractivity contribution in [3.63, 3.8) is 0 Å². The fourth-order valence-corrected chi connectivity index (χ4v) is 4.58. The van der Waals surface area contributed by atoms with Crippen LogP contribution in [0, 0.1) is 6.92 Å². The van der Waals surface area contributed by atoms with Gasteiger partial charge in [-0.3, -0.25) is 18.8 Å². The number of rotatable bonds is 7. The molecule has 2 aliphatic rings. The zero-order valence-corrected chi connectivity index (χ0v) is 20.7. The molecular weight excluding hydrogens is 482 g/mol. The minimum absolute atomic E-state index is 0.190. The predicted octanol–water partition coefficient (Wildman–Crippen LogP) is 3.44. The predicted molar refractivity (Wildman–Crippen MR) is 137 cm³/mol. The Morgan fingerprint density at radius 1 is 1.17 bits per heavy atom. The van der Waals surface area contributed by atoms with Crippen molar-refractivity contribution < 1.29 is 4.79 Å². The van der Waals surface area contributed by atoms with Gasteiger partial charge in [0.05, 0.1) is 28.6 Å². The Balaban J connectivity index is 1.37. The summed E-state index contributed by atoms with van der Waals surface area (Å²) in [4.78, 5) is 30.9. The molecule has 36 heavy (non-hydrogen) atoms. The van der Waals surface area contributed by atoms with E-state index in [0.29, 0.717) is 39.6 Å². The summed E-state index contributed by atoms with van der Waals surface area (Å²) in [5, 5.41) is 18.5. The van der Waals surface area contributed by atoms with Crippen LogP contribution in [0.4, 0.5) is 17.3 Å². The second kappa shape index (κ2) is 8.66. The lowest BCUT2D eigenvalue weighted by Crippen LogP contribution is -2.39. The summed E-state index contributed by atoms with van der Waals surface area (Å²) >= 11 is 6.42. The van der Waals surface area contributed by atoms with Gasteiger partial charge in [0.2, 0.25) is 0 Å². The number of anilines is 3. The molecule has 0 aromatic carbocycles. The third kappa shape index (κ3) is 3.98. The van der Waals surface area contributed by atoms with Crippen molar-refractivity contribution in [3.05, 3.63) is 57.4 Å². The van der Waals surface area contributed by atoms with Crippen LogP contribution < -0.4 is 21.5 Å². The minimum Gasteiger partial charge on any atom is -0.373 e. The second-order valence-electron chi connectivity index (χ2n) is 9.35. The van der Waals surface area contributed by atoms with E-state index in [-0.39, 0.29) is 23.2 Å². The third-order valence-corrected chi connectivity index (χ3v) is 6.94. The maximum absolute atomic E-state index is 13.5. The Morgan fingerprint density at radius 3 is 2.67 bits per heavy atom. The van der Waals surface area contributed by atoms with Crippen molar-refractivity contribution in [2.75, 3.05) is 17.7 Å². The van der Waals surface area contributed by atoms with E-state index < -0.39 is 0 Å². The number of fused-ring (bicyclic) bond motifs is 1. The van der Waals surface area contributed by atoms with E-state index in [4.69, 9.17) is 11.6 Å². The number of nitrogens with zero attached hydrogens (tertiary/aromatic N) is 6. The van der Waals surface area contributed by atoms with Gasteiger partial charge in [-0.05, 0) is 45.1 Å². The molecule has 6 rings (SSSR count). The smallest absolute Gasteiger partial charge is 0.279 e. The molecule has 186 valence electrons. The average molecular weight is 508 g/mol. The normalized spacial score (nSPS) is 15.6. The lowest BCUT2D eigenvalue weighted by Gasteiger charge is -2.26. The molecule has 0 unspecified atom stereocenters. The Labute approximate surface area is 211 Å². The van der Waals surface area contributed by atoms with Crippen molar-refractivity contribution in [2.24, 2.45) is 0 Å². The van der Waals surface area contributed by atoms with Crippen LogP contribution in [-0.2, 0) is 0 Å². The van der Waals surface area contributed by atoms with Crippen LogP contribution in [0.25, 0.3) is 11.3 Å². The van der Waals surface area contributed by atoms with Gasteiger partial charge in [-0.25, -0.2) is 4.98 Å². The number of aromatic nitrogens is 6. The maximum Gasteiger partial charge on any atom is 0.279 e. The zero-order valence-electron chi connectivity index (χ0n) is 20.0. The fraction of sp³-hybridized carbons (Fsp3) is 0.375. The summed E-state index contributed by atoms with van der Waals surface area (Å²) < 4.78 is 4.97. The fourth-order valence-electron chi connectivity index (χ4n) is 4.37. The first-order valence-electron chi connectivity index (χ1n) is 12.0. The Hall–Kier alpha value is -3.86. The summed E-state index contributed by atoms with van der Waals surface area (Å²) in [6, 6.07) is 3.86. The Morgan fingerprint density at radius 2 is 1.97 bits per heavy atom. The van der Waals surface area contributed by atoms with Gasteiger partial charge < -0.3 is 16.0 Å². The van der Waals surface area contributed by atoms with Crippen molar-refractivity contribution >= 4 is 40.5 Å². The molecule has 2 aliphatic carbocycles. The van der Waals surface area contributed by atoms with Gasteiger partial charge in [0.25, 0.3) is 11.5 Å².